The van der Waals surface area contributed by atoms with Crippen LogP contribution in [0, 0.1) is 19.8 Å². The first-order valence-corrected chi connectivity index (χ1v) is 7.70. The van der Waals surface area contributed by atoms with Crippen molar-refractivity contribution in [2.45, 2.75) is 72.4 Å². The van der Waals surface area contributed by atoms with E-state index in [9.17, 15) is 0 Å². The summed E-state index contributed by atoms with van der Waals surface area (Å²) in [4.78, 5) is 0. The lowest BCUT2D eigenvalue weighted by Gasteiger charge is -2.17. The Morgan fingerprint density at radius 1 is 1.21 bits per heavy atom. The maximum absolute atomic E-state index is 4.81. The number of hydrogen-bond donors (Lipinski definition) is 1. The van der Waals surface area contributed by atoms with E-state index in [1.807, 2.05) is 0 Å². The predicted molar refractivity (Wildman–Crippen MR) is 80.7 cm³/mol. The van der Waals surface area contributed by atoms with Crippen molar-refractivity contribution in [1.82, 2.24) is 15.1 Å². The van der Waals surface area contributed by atoms with E-state index in [-0.39, 0.29) is 0 Å². The number of aryl methyl sites for hydroxylation is 1. The molecule has 0 aliphatic heterocycles. The van der Waals surface area contributed by atoms with Gasteiger partial charge >= 0.3 is 0 Å². The third-order valence-corrected chi connectivity index (χ3v) is 4.40. The zero-order chi connectivity index (χ0) is 14.2. The highest BCUT2D eigenvalue weighted by atomic mass is 15.3. The summed E-state index contributed by atoms with van der Waals surface area (Å²) in [6, 6.07) is 1.11. The zero-order valence-corrected chi connectivity index (χ0v) is 13.3. The summed E-state index contributed by atoms with van der Waals surface area (Å²) < 4.78 is 2.27. The van der Waals surface area contributed by atoms with E-state index in [0.717, 1.165) is 12.5 Å². The van der Waals surface area contributed by atoms with E-state index in [1.54, 1.807) is 0 Å². The highest BCUT2D eigenvalue weighted by molar-refractivity contribution is 5.29. The molecule has 1 heterocycles. The minimum atomic E-state index is 0.530. The second kappa shape index (κ2) is 5.66. The molecule has 3 nitrogen and oxygen atoms in total. The smallest absolute Gasteiger partial charge is 0.0631 e. The molecule has 0 radical (unpaired) electrons. The van der Waals surface area contributed by atoms with Gasteiger partial charge in [-0.05, 0) is 45.4 Å². The van der Waals surface area contributed by atoms with Gasteiger partial charge < -0.3 is 5.32 Å². The van der Waals surface area contributed by atoms with Crippen LogP contribution >= 0.6 is 0 Å². The molecule has 1 fully saturated rings. The Bertz CT molecular complexity index is 429. The van der Waals surface area contributed by atoms with Crippen molar-refractivity contribution >= 4 is 0 Å². The van der Waals surface area contributed by atoms with Crippen molar-refractivity contribution in [3.8, 4) is 0 Å². The van der Waals surface area contributed by atoms with Crippen molar-refractivity contribution in [2.24, 2.45) is 5.92 Å². The Hall–Kier alpha value is -0.830. The zero-order valence-electron chi connectivity index (χ0n) is 13.3. The maximum atomic E-state index is 4.81. The first-order chi connectivity index (χ1) is 8.91. The summed E-state index contributed by atoms with van der Waals surface area (Å²) in [6.07, 6.45) is 2.75. The first kappa shape index (κ1) is 14.6. The molecular formula is C16H29N3. The molecule has 0 saturated heterocycles. The molecule has 1 aromatic heterocycles. The molecule has 1 aliphatic rings. The van der Waals surface area contributed by atoms with Gasteiger partial charge in [0, 0.05) is 23.8 Å². The lowest BCUT2D eigenvalue weighted by molar-refractivity contribution is 0.428. The quantitative estimate of drug-likeness (QED) is 0.850. The van der Waals surface area contributed by atoms with E-state index >= 15 is 0 Å². The van der Waals surface area contributed by atoms with Gasteiger partial charge in [-0.3, -0.25) is 4.68 Å². The Morgan fingerprint density at radius 3 is 2.37 bits per heavy atom. The number of nitrogens with zero attached hydrogens (tertiary/aromatic N) is 2. The second-order valence-electron chi connectivity index (χ2n) is 6.57. The van der Waals surface area contributed by atoms with Gasteiger partial charge in [-0.25, -0.2) is 0 Å². The summed E-state index contributed by atoms with van der Waals surface area (Å²) in [5.41, 5.74) is 4.03. The maximum Gasteiger partial charge on any atom is 0.0631 e. The van der Waals surface area contributed by atoms with Crippen molar-refractivity contribution in [3.05, 3.63) is 17.0 Å². The van der Waals surface area contributed by atoms with Gasteiger partial charge in [0.25, 0.3) is 0 Å². The Kier molecular flexibility index (Phi) is 4.34. The molecule has 108 valence electrons. The Morgan fingerprint density at radius 2 is 1.84 bits per heavy atom. The van der Waals surface area contributed by atoms with Crippen LogP contribution in [0.2, 0.25) is 0 Å². The van der Waals surface area contributed by atoms with Crippen LogP contribution in [0.15, 0.2) is 0 Å². The monoisotopic (exact) mass is 263 g/mol. The SMILES string of the molecule is Cc1nn(C(C)C2CC2)c(C)c1C(C)CNC(C)C. The standard InChI is InChI=1S/C16H29N3/c1-10(2)17-9-11(3)16-12(4)18-19(14(16)6)13(5)15-7-8-15/h10-11,13,15,17H,7-9H2,1-6H3. The van der Waals surface area contributed by atoms with Crippen molar-refractivity contribution in [1.29, 1.82) is 0 Å². The molecule has 0 amide bonds. The molecule has 1 aliphatic carbocycles. The van der Waals surface area contributed by atoms with Crippen LogP contribution in [0.1, 0.15) is 69.4 Å². The Balaban J connectivity index is 2.15. The molecule has 1 N–H and O–H groups in total. The lowest BCUT2D eigenvalue weighted by Crippen LogP contribution is -2.27. The number of aromatic nitrogens is 2. The number of nitrogens with one attached hydrogen (secondary N) is 1. The van der Waals surface area contributed by atoms with Crippen LogP contribution in [0.5, 0.6) is 0 Å². The largest absolute Gasteiger partial charge is 0.314 e. The highest BCUT2D eigenvalue weighted by Gasteiger charge is 2.31. The average Bonchev–Trinajstić information content (AvgIpc) is 3.12. The lowest BCUT2D eigenvalue weighted by atomic mass is 9.98. The van der Waals surface area contributed by atoms with Gasteiger partial charge in [0.15, 0.2) is 0 Å². The van der Waals surface area contributed by atoms with E-state index in [2.05, 4.69) is 51.5 Å². The van der Waals surface area contributed by atoms with Crippen molar-refractivity contribution in [3.63, 3.8) is 0 Å². The third-order valence-electron chi connectivity index (χ3n) is 4.40. The normalized spacial score (nSPS) is 18.9. The van der Waals surface area contributed by atoms with Crippen LogP contribution in [0.4, 0.5) is 0 Å². The van der Waals surface area contributed by atoms with E-state index in [0.29, 0.717) is 18.0 Å². The summed E-state index contributed by atoms with van der Waals surface area (Å²) in [7, 11) is 0. The van der Waals surface area contributed by atoms with Gasteiger partial charge in [0.05, 0.1) is 11.7 Å². The molecule has 2 atom stereocenters. The fourth-order valence-corrected chi connectivity index (χ4v) is 3.08. The fraction of sp³-hybridized carbons (Fsp3) is 0.812. The fourth-order valence-electron chi connectivity index (χ4n) is 3.08. The summed E-state index contributed by atoms with van der Waals surface area (Å²) in [5.74, 6) is 1.39. The summed E-state index contributed by atoms with van der Waals surface area (Å²) >= 11 is 0. The second-order valence-corrected chi connectivity index (χ2v) is 6.57. The molecule has 1 saturated carbocycles. The number of hydrogen-bond acceptors (Lipinski definition) is 2. The molecule has 19 heavy (non-hydrogen) atoms. The minimum Gasteiger partial charge on any atom is -0.314 e. The van der Waals surface area contributed by atoms with E-state index in [1.165, 1.54) is 29.8 Å². The molecule has 0 bridgehead atoms. The van der Waals surface area contributed by atoms with Gasteiger partial charge in [-0.15, -0.1) is 0 Å². The molecule has 0 spiro atoms. The molecular weight excluding hydrogens is 234 g/mol. The van der Waals surface area contributed by atoms with E-state index in [4.69, 9.17) is 5.10 Å². The topological polar surface area (TPSA) is 29.9 Å². The molecule has 2 rings (SSSR count). The highest BCUT2D eigenvalue weighted by Crippen LogP contribution is 2.40. The van der Waals surface area contributed by atoms with Crippen LogP contribution in [0.3, 0.4) is 0 Å². The minimum absolute atomic E-state index is 0.530. The third kappa shape index (κ3) is 3.19. The molecule has 2 unspecified atom stereocenters. The van der Waals surface area contributed by atoms with Crippen LogP contribution in [-0.2, 0) is 0 Å². The molecule has 3 heteroatoms. The van der Waals surface area contributed by atoms with Crippen LogP contribution < -0.4 is 5.32 Å². The summed E-state index contributed by atoms with van der Waals surface area (Å²) in [6.45, 7) is 14.4. The first-order valence-electron chi connectivity index (χ1n) is 7.70. The van der Waals surface area contributed by atoms with Crippen LogP contribution in [0.25, 0.3) is 0 Å². The van der Waals surface area contributed by atoms with E-state index < -0.39 is 0 Å². The van der Waals surface area contributed by atoms with Gasteiger partial charge in [-0.1, -0.05) is 20.8 Å². The average molecular weight is 263 g/mol. The van der Waals surface area contributed by atoms with Gasteiger partial charge in [-0.2, -0.15) is 5.10 Å². The molecule has 1 aromatic rings. The van der Waals surface area contributed by atoms with Crippen molar-refractivity contribution < 1.29 is 0 Å². The predicted octanol–water partition coefficient (Wildman–Crippen LogP) is 3.57. The Labute approximate surface area is 117 Å². The van der Waals surface area contributed by atoms with Gasteiger partial charge in [0.2, 0.25) is 0 Å². The molecule has 0 aromatic carbocycles. The van der Waals surface area contributed by atoms with Crippen molar-refractivity contribution in [2.75, 3.05) is 6.54 Å². The van der Waals surface area contributed by atoms with Crippen LogP contribution in [-0.4, -0.2) is 22.4 Å². The summed E-state index contributed by atoms with van der Waals surface area (Å²) in [5, 5.41) is 8.34. The number of rotatable bonds is 6. The van der Waals surface area contributed by atoms with Gasteiger partial charge in [0.1, 0.15) is 0 Å².